The number of aromatic nitrogens is 1. The van der Waals surface area contributed by atoms with E-state index in [-0.39, 0.29) is 18.0 Å². The fourth-order valence-corrected chi connectivity index (χ4v) is 3.18. The molecule has 1 atom stereocenters. The highest BCUT2D eigenvalue weighted by Crippen LogP contribution is 2.21. The first-order valence-electron chi connectivity index (χ1n) is 8.50. The summed E-state index contributed by atoms with van der Waals surface area (Å²) in [6.45, 7) is 3.32. The standard InChI is InChI=1S/C18H24N4O3/c1-12(23)22-7-3-4-14(11-22)21-18(24)19-10-15-8-13-5-6-16(25-2)9-17(13)20-15/h5-6,8-9,14,20H,3-4,7,10-11H2,1-2H3,(H2,19,21,24)/t14-/m1/s1. The Kier molecular flexibility index (Phi) is 5.11. The number of piperidine rings is 1. The normalized spacial score (nSPS) is 17.4. The van der Waals surface area contributed by atoms with E-state index in [2.05, 4.69) is 15.6 Å². The third kappa shape index (κ3) is 4.23. The maximum atomic E-state index is 12.1. The molecule has 1 aliphatic rings. The maximum absolute atomic E-state index is 12.1. The lowest BCUT2D eigenvalue weighted by molar-refractivity contribution is -0.130. The van der Waals surface area contributed by atoms with Gasteiger partial charge in [0, 0.05) is 43.3 Å². The third-order valence-corrected chi connectivity index (χ3v) is 4.53. The van der Waals surface area contributed by atoms with Gasteiger partial charge in [-0.05, 0) is 36.4 Å². The Hall–Kier alpha value is -2.70. The van der Waals surface area contributed by atoms with Crippen molar-refractivity contribution in [3.05, 3.63) is 30.0 Å². The predicted molar refractivity (Wildman–Crippen MR) is 95.5 cm³/mol. The predicted octanol–water partition coefficient (Wildman–Crippen LogP) is 1.99. The second kappa shape index (κ2) is 7.46. The molecule has 0 spiro atoms. The topological polar surface area (TPSA) is 86.5 Å². The van der Waals surface area contributed by atoms with Crippen LogP contribution in [0.2, 0.25) is 0 Å². The van der Waals surface area contributed by atoms with Gasteiger partial charge in [-0.3, -0.25) is 4.79 Å². The Balaban J connectivity index is 1.52. The van der Waals surface area contributed by atoms with Gasteiger partial charge in [-0.2, -0.15) is 0 Å². The van der Waals surface area contributed by atoms with Gasteiger partial charge in [-0.1, -0.05) is 0 Å². The number of amides is 3. The van der Waals surface area contributed by atoms with Crippen LogP contribution in [0.3, 0.4) is 0 Å². The summed E-state index contributed by atoms with van der Waals surface area (Å²) in [5.74, 6) is 0.847. The molecule has 2 heterocycles. The Bertz CT molecular complexity index is 771. The molecule has 0 aliphatic carbocycles. The quantitative estimate of drug-likeness (QED) is 0.793. The lowest BCUT2D eigenvalue weighted by Crippen LogP contribution is -2.51. The van der Waals surface area contributed by atoms with Crippen LogP contribution in [0.4, 0.5) is 4.79 Å². The molecule has 3 N–H and O–H groups in total. The van der Waals surface area contributed by atoms with E-state index >= 15 is 0 Å². The Morgan fingerprint density at radius 2 is 2.20 bits per heavy atom. The van der Waals surface area contributed by atoms with Gasteiger partial charge in [0.25, 0.3) is 0 Å². The van der Waals surface area contributed by atoms with E-state index in [0.717, 1.165) is 41.7 Å². The highest BCUT2D eigenvalue weighted by molar-refractivity contribution is 5.82. The summed E-state index contributed by atoms with van der Waals surface area (Å²) in [6.07, 6.45) is 1.80. The molecule has 7 heteroatoms. The van der Waals surface area contributed by atoms with E-state index in [4.69, 9.17) is 4.74 Å². The largest absolute Gasteiger partial charge is 0.497 e. The van der Waals surface area contributed by atoms with Gasteiger partial charge in [-0.15, -0.1) is 0 Å². The van der Waals surface area contributed by atoms with Crippen molar-refractivity contribution in [1.29, 1.82) is 0 Å². The second-order valence-corrected chi connectivity index (χ2v) is 6.38. The summed E-state index contributed by atoms with van der Waals surface area (Å²) in [7, 11) is 1.63. The van der Waals surface area contributed by atoms with Crippen LogP contribution in [-0.4, -0.2) is 48.1 Å². The number of rotatable bonds is 4. The minimum Gasteiger partial charge on any atom is -0.497 e. The molecule has 1 aliphatic heterocycles. The van der Waals surface area contributed by atoms with Crippen LogP contribution in [0.1, 0.15) is 25.5 Å². The number of nitrogens with zero attached hydrogens (tertiary/aromatic N) is 1. The molecule has 0 unspecified atom stereocenters. The molecule has 1 aromatic heterocycles. The molecule has 134 valence electrons. The minimum atomic E-state index is -0.216. The SMILES string of the molecule is COc1ccc2cc(CNC(=O)N[C@@H]3CCCN(C(C)=O)C3)[nH]c2c1. The van der Waals surface area contributed by atoms with Gasteiger partial charge in [0.05, 0.1) is 13.7 Å². The lowest BCUT2D eigenvalue weighted by Gasteiger charge is -2.32. The third-order valence-electron chi connectivity index (χ3n) is 4.53. The van der Waals surface area contributed by atoms with Crippen LogP contribution < -0.4 is 15.4 Å². The van der Waals surface area contributed by atoms with E-state index < -0.39 is 0 Å². The number of hydrogen-bond acceptors (Lipinski definition) is 3. The lowest BCUT2D eigenvalue weighted by atomic mass is 10.1. The zero-order valence-electron chi connectivity index (χ0n) is 14.6. The van der Waals surface area contributed by atoms with Crippen molar-refractivity contribution in [3.8, 4) is 5.75 Å². The van der Waals surface area contributed by atoms with Crippen molar-refractivity contribution in [2.75, 3.05) is 20.2 Å². The number of urea groups is 1. The molecule has 0 radical (unpaired) electrons. The molecule has 1 saturated heterocycles. The second-order valence-electron chi connectivity index (χ2n) is 6.38. The molecule has 0 bridgehead atoms. The number of methoxy groups -OCH3 is 1. The van der Waals surface area contributed by atoms with Crippen LogP contribution in [0.15, 0.2) is 24.3 Å². The Labute approximate surface area is 146 Å². The van der Waals surface area contributed by atoms with Crippen LogP contribution in [0.25, 0.3) is 10.9 Å². The molecule has 25 heavy (non-hydrogen) atoms. The highest BCUT2D eigenvalue weighted by Gasteiger charge is 2.22. The number of fused-ring (bicyclic) bond motifs is 1. The van der Waals surface area contributed by atoms with Gasteiger partial charge in [-0.25, -0.2) is 4.79 Å². The summed E-state index contributed by atoms with van der Waals surface area (Å²) in [5, 5.41) is 6.88. The first kappa shape index (κ1) is 17.1. The Morgan fingerprint density at radius 1 is 1.36 bits per heavy atom. The number of nitrogens with one attached hydrogen (secondary N) is 3. The maximum Gasteiger partial charge on any atom is 0.315 e. The number of H-pyrrole nitrogens is 1. The van der Waals surface area contributed by atoms with E-state index in [0.29, 0.717) is 13.1 Å². The molecule has 0 saturated carbocycles. The van der Waals surface area contributed by atoms with E-state index in [1.165, 1.54) is 0 Å². The molecule has 7 nitrogen and oxygen atoms in total. The molecular weight excluding hydrogens is 320 g/mol. The summed E-state index contributed by atoms with van der Waals surface area (Å²) >= 11 is 0. The first-order valence-corrected chi connectivity index (χ1v) is 8.50. The molecule has 2 aromatic rings. The number of likely N-dealkylation sites (tertiary alicyclic amines) is 1. The average molecular weight is 344 g/mol. The average Bonchev–Trinajstić information content (AvgIpc) is 3.02. The van der Waals surface area contributed by atoms with Crippen molar-refractivity contribution in [1.82, 2.24) is 20.5 Å². The smallest absolute Gasteiger partial charge is 0.315 e. The summed E-state index contributed by atoms with van der Waals surface area (Å²) in [5.41, 5.74) is 1.90. The molecule has 1 aromatic carbocycles. The van der Waals surface area contributed by atoms with Crippen molar-refractivity contribution >= 4 is 22.8 Å². The van der Waals surface area contributed by atoms with E-state index in [9.17, 15) is 9.59 Å². The van der Waals surface area contributed by atoms with Gasteiger partial charge >= 0.3 is 6.03 Å². The molecule has 3 amide bonds. The molecular formula is C18H24N4O3. The number of benzene rings is 1. The van der Waals surface area contributed by atoms with Crippen LogP contribution in [-0.2, 0) is 11.3 Å². The summed E-state index contributed by atoms with van der Waals surface area (Å²) in [6, 6.07) is 7.61. The minimum absolute atomic E-state index is 0.00428. The summed E-state index contributed by atoms with van der Waals surface area (Å²) < 4.78 is 5.21. The first-order chi connectivity index (χ1) is 12.0. The number of carbonyl (C=O) groups is 2. The van der Waals surface area contributed by atoms with Gasteiger partial charge < -0.3 is 25.3 Å². The van der Waals surface area contributed by atoms with E-state index in [1.54, 1.807) is 18.9 Å². The fraction of sp³-hybridized carbons (Fsp3) is 0.444. The van der Waals surface area contributed by atoms with Crippen molar-refractivity contribution in [2.45, 2.75) is 32.4 Å². The number of hydrogen-bond donors (Lipinski definition) is 3. The van der Waals surface area contributed by atoms with Gasteiger partial charge in [0.2, 0.25) is 5.91 Å². The highest BCUT2D eigenvalue weighted by atomic mass is 16.5. The fourth-order valence-electron chi connectivity index (χ4n) is 3.18. The van der Waals surface area contributed by atoms with Crippen molar-refractivity contribution in [3.63, 3.8) is 0 Å². The van der Waals surface area contributed by atoms with Crippen LogP contribution in [0, 0.1) is 0 Å². The van der Waals surface area contributed by atoms with Crippen molar-refractivity contribution < 1.29 is 14.3 Å². The van der Waals surface area contributed by atoms with Gasteiger partial charge in [0.1, 0.15) is 5.75 Å². The summed E-state index contributed by atoms with van der Waals surface area (Å²) in [4.78, 5) is 28.6. The Morgan fingerprint density at radius 3 is 2.96 bits per heavy atom. The molecule has 3 rings (SSSR count). The monoisotopic (exact) mass is 344 g/mol. The number of ether oxygens (including phenoxy) is 1. The van der Waals surface area contributed by atoms with E-state index in [1.807, 2.05) is 24.3 Å². The van der Waals surface area contributed by atoms with Gasteiger partial charge in [0.15, 0.2) is 0 Å². The van der Waals surface area contributed by atoms with Crippen molar-refractivity contribution in [2.24, 2.45) is 0 Å². The number of aromatic amines is 1. The van der Waals surface area contributed by atoms with Crippen LogP contribution in [0.5, 0.6) is 5.75 Å². The van der Waals surface area contributed by atoms with Crippen LogP contribution >= 0.6 is 0 Å². The number of carbonyl (C=O) groups excluding carboxylic acids is 2. The zero-order chi connectivity index (χ0) is 17.8. The zero-order valence-corrected chi connectivity index (χ0v) is 14.6. The molecule has 1 fully saturated rings.